The van der Waals surface area contributed by atoms with Gasteiger partial charge in [-0.2, -0.15) is 0 Å². The fourth-order valence-corrected chi connectivity index (χ4v) is 3.78. The molecule has 0 N–H and O–H groups in total. The molecule has 0 aromatic heterocycles. The van der Waals surface area contributed by atoms with Gasteiger partial charge in [-0.25, -0.2) is 0 Å². The lowest BCUT2D eigenvalue weighted by Crippen LogP contribution is -2.05. The van der Waals surface area contributed by atoms with Crippen LogP contribution in [0.2, 0.25) is 0 Å². The monoisotopic (exact) mass is 376 g/mol. The average Bonchev–Trinajstić information content (AvgIpc) is 2.80. The Morgan fingerprint density at radius 2 is 1.00 bits per heavy atom. The molecule has 0 saturated carbocycles. The van der Waals surface area contributed by atoms with Crippen LogP contribution in [0.25, 0.3) is 33.4 Å². The summed E-state index contributed by atoms with van der Waals surface area (Å²) in [5.41, 5.74) is 7.24. The van der Waals surface area contributed by atoms with Gasteiger partial charge in [-0.3, -0.25) is 4.79 Å². The largest absolute Gasteiger partial charge is 0.294 e. The molecule has 142 valence electrons. The van der Waals surface area contributed by atoms with Crippen molar-refractivity contribution >= 4 is 5.78 Å². The van der Waals surface area contributed by atoms with Gasteiger partial charge in [0, 0.05) is 12.0 Å². The molecule has 0 aliphatic rings. The second kappa shape index (κ2) is 8.70. The van der Waals surface area contributed by atoms with Crippen LogP contribution in [0.15, 0.2) is 103 Å². The van der Waals surface area contributed by atoms with Gasteiger partial charge in [0.25, 0.3) is 0 Å². The van der Waals surface area contributed by atoms with Gasteiger partial charge in [0.1, 0.15) is 0 Å². The van der Waals surface area contributed by atoms with Gasteiger partial charge in [0.05, 0.1) is 0 Å². The van der Waals surface area contributed by atoms with Crippen LogP contribution < -0.4 is 0 Å². The van der Waals surface area contributed by atoms with E-state index in [-0.39, 0.29) is 5.78 Å². The van der Waals surface area contributed by atoms with Crippen LogP contribution in [0.3, 0.4) is 0 Å². The molecule has 0 aliphatic heterocycles. The standard InChI is InChI=1S/C28H24O/c1-2-12-27(29)28-25(22-15-8-4-9-16-22)19-24(21-13-6-3-7-14-21)20-26(28)23-17-10-5-11-18-23/h3-11,13-20H,2,12H2,1H3. The molecule has 0 unspecified atom stereocenters. The summed E-state index contributed by atoms with van der Waals surface area (Å²) >= 11 is 0. The Morgan fingerprint density at radius 1 is 0.586 bits per heavy atom. The lowest BCUT2D eigenvalue weighted by Gasteiger charge is -2.18. The normalized spacial score (nSPS) is 10.7. The molecule has 0 atom stereocenters. The van der Waals surface area contributed by atoms with Crippen LogP contribution in [0.4, 0.5) is 0 Å². The maximum absolute atomic E-state index is 13.3. The first kappa shape index (κ1) is 18.9. The predicted octanol–water partition coefficient (Wildman–Crippen LogP) is 7.67. The third kappa shape index (κ3) is 4.05. The molecule has 4 rings (SSSR count). The van der Waals surface area contributed by atoms with Crippen molar-refractivity contribution in [2.24, 2.45) is 0 Å². The first-order valence-corrected chi connectivity index (χ1v) is 10.2. The first-order valence-electron chi connectivity index (χ1n) is 10.2. The summed E-state index contributed by atoms with van der Waals surface area (Å²) in [4.78, 5) is 13.3. The highest BCUT2D eigenvalue weighted by Crippen LogP contribution is 2.38. The molecule has 0 saturated heterocycles. The van der Waals surface area contributed by atoms with E-state index in [4.69, 9.17) is 0 Å². The number of carbonyl (C=O) groups excluding carboxylic acids is 1. The van der Waals surface area contributed by atoms with Gasteiger partial charge in [0.15, 0.2) is 5.78 Å². The molecule has 0 heterocycles. The Hall–Kier alpha value is -3.45. The quantitative estimate of drug-likeness (QED) is 0.316. The highest BCUT2D eigenvalue weighted by molar-refractivity contribution is 6.09. The summed E-state index contributed by atoms with van der Waals surface area (Å²) in [7, 11) is 0. The van der Waals surface area contributed by atoms with Gasteiger partial charge >= 0.3 is 0 Å². The van der Waals surface area contributed by atoms with E-state index in [1.54, 1.807) is 0 Å². The summed E-state index contributed by atoms with van der Waals surface area (Å²) in [5.74, 6) is 0.199. The number of carbonyl (C=O) groups is 1. The van der Waals surface area contributed by atoms with Gasteiger partial charge in [-0.1, -0.05) is 97.9 Å². The Morgan fingerprint density at radius 3 is 1.41 bits per heavy atom. The molecule has 4 aromatic rings. The number of rotatable bonds is 6. The molecule has 1 heteroatoms. The molecule has 29 heavy (non-hydrogen) atoms. The van der Waals surface area contributed by atoms with Gasteiger partial charge < -0.3 is 0 Å². The lowest BCUT2D eigenvalue weighted by atomic mass is 9.85. The molecule has 0 bridgehead atoms. The zero-order valence-electron chi connectivity index (χ0n) is 16.6. The number of hydrogen-bond acceptors (Lipinski definition) is 1. The third-order valence-corrected chi connectivity index (χ3v) is 5.17. The van der Waals surface area contributed by atoms with Crippen molar-refractivity contribution in [3.05, 3.63) is 109 Å². The number of Topliss-reactive ketones (excluding diaryl/α,β-unsaturated/α-hetero) is 1. The maximum Gasteiger partial charge on any atom is 0.164 e. The average molecular weight is 376 g/mol. The summed E-state index contributed by atoms with van der Waals surface area (Å²) in [6.07, 6.45) is 1.38. The minimum Gasteiger partial charge on any atom is -0.294 e. The van der Waals surface area contributed by atoms with Crippen molar-refractivity contribution in [2.45, 2.75) is 19.8 Å². The first-order chi connectivity index (χ1) is 14.3. The number of benzene rings is 4. The fraction of sp³-hybridized carbons (Fsp3) is 0.107. The lowest BCUT2D eigenvalue weighted by molar-refractivity contribution is 0.0983. The highest BCUT2D eigenvalue weighted by Gasteiger charge is 2.20. The van der Waals surface area contributed by atoms with Crippen LogP contribution in [-0.2, 0) is 0 Å². The Balaban J connectivity index is 2.05. The number of ketones is 1. The minimum atomic E-state index is 0.199. The van der Waals surface area contributed by atoms with Crippen molar-refractivity contribution in [1.82, 2.24) is 0 Å². The van der Waals surface area contributed by atoms with Crippen molar-refractivity contribution in [1.29, 1.82) is 0 Å². The predicted molar refractivity (Wildman–Crippen MR) is 122 cm³/mol. The van der Waals surface area contributed by atoms with Crippen LogP contribution >= 0.6 is 0 Å². The summed E-state index contributed by atoms with van der Waals surface area (Å²) in [5, 5.41) is 0. The van der Waals surface area contributed by atoms with Crippen molar-refractivity contribution in [2.75, 3.05) is 0 Å². The van der Waals surface area contributed by atoms with E-state index in [0.29, 0.717) is 6.42 Å². The van der Waals surface area contributed by atoms with Crippen LogP contribution in [0, 0.1) is 0 Å². The summed E-state index contributed by atoms with van der Waals surface area (Å²) < 4.78 is 0. The molecule has 0 amide bonds. The molecular weight excluding hydrogens is 352 g/mol. The summed E-state index contributed by atoms with van der Waals surface area (Å²) in [6.45, 7) is 2.06. The van der Waals surface area contributed by atoms with Crippen molar-refractivity contribution in [3.8, 4) is 33.4 Å². The minimum absolute atomic E-state index is 0.199. The zero-order valence-corrected chi connectivity index (χ0v) is 16.6. The smallest absolute Gasteiger partial charge is 0.164 e. The Bertz CT molecular complexity index is 1040. The van der Waals surface area contributed by atoms with Crippen LogP contribution in [0.5, 0.6) is 0 Å². The molecule has 0 aliphatic carbocycles. The Kier molecular flexibility index (Phi) is 5.67. The zero-order chi connectivity index (χ0) is 20.1. The molecule has 1 nitrogen and oxygen atoms in total. The molecule has 0 radical (unpaired) electrons. The Labute approximate surface area is 172 Å². The second-order valence-electron chi connectivity index (χ2n) is 7.22. The molecular formula is C28H24O. The molecule has 0 fully saturated rings. The fourth-order valence-electron chi connectivity index (χ4n) is 3.78. The molecule has 4 aromatic carbocycles. The van der Waals surface area contributed by atoms with E-state index in [1.165, 1.54) is 0 Å². The van der Waals surface area contributed by atoms with E-state index < -0.39 is 0 Å². The highest BCUT2D eigenvalue weighted by atomic mass is 16.1. The van der Waals surface area contributed by atoms with Crippen molar-refractivity contribution in [3.63, 3.8) is 0 Å². The van der Waals surface area contributed by atoms with Crippen LogP contribution in [-0.4, -0.2) is 5.78 Å². The maximum atomic E-state index is 13.3. The van der Waals surface area contributed by atoms with E-state index in [9.17, 15) is 4.79 Å². The third-order valence-electron chi connectivity index (χ3n) is 5.17. The SMILES string of the molecule is CCCC(=O)c1c(-c2ccccc2)cc(-c2ccccc2)cc1-c1ccccc1. The summed E-state index contributed by atoms with van der Waals surface area (Å²) in [6, 6.07) is 35.2. The topological polar surface area (TPSA) is 17.1 Å². The van der Waals surface area contributed by atoms with E-state index in [0.717, 1.165) is 45.4 Å². The van der Waals surface area contributed by atoms with Gasteiger partial charge in [0.2, 0.25) is 0 Å². The second-order valence-corrected chi connectivity index (χ2v) is 7.22. The van der Waals surface area contributed by atoms with E-state index in [1.807, 2.05) is 42.5 Å². The number of hydrogen-bond donors (Lipinski definition) is 0. The van der Waals surface area contributed by atoms with E-state index >= 15 is 0 Å². The van der Waals surface area contributed by atoms with Crippen molar-refractivity contribution < 1.29 is 4.79 Å². The van der Waals surface area contributed by atoms with Crippen LogP contribution in [0.1, 0.15) is 30.1 Å². The molecule has 0 spiro atoms. The van der Waals surface area contributed by atoms with E-state index in [2.05, 4.69) is 67.6 Å². The van der Waals surface area contributed by atoms with Gasteiger partial charge in [-0.05, 0) is 51.9 Å². The van der Waals surface area contributed by atoms with Gasteiger partial charge in [-0.15, -0.1) is 0 Å².